The Bertz CT molecular complexity index is 306. The molecule has 2 saturated heterocycles. The van der Waals surface area contributed by atoms with Crippen LogP contribution >= 0.6 is 0 Å². The third kappa shape index (κ3) is 4.37. The molecule has 2 aliphatic heterocycles. The maximum atomic E-state index is 12.1. The van der Waals surface area contributed by atoms with E-state index in [9.17, 15) is 4.79 Å². The van der Waals surface area contributed by atoms with E-state index in [2.05, 4.69) is 4.90 Å². The minimum Gasteiger partial charge on any atom is -0.444 e. The molecule has 2 aliphatic rings. The van der Waals surface area contributed by atoms with Gasteiger partial charge in [0.15, 0.2) is 0 Å². The predicted molar refractivity (Wildman–Crippen MR) is 76.3 cm³/mol. The van der Waals surface area contributed by atoms with E-state index < -0.39 is 5.60 Å². The topological polar surface area (TPSA) is 32.8 Å². The maximum Gasteiger partial charge on any atom is 0.410 e. The highest BCUT2D eigenvalue weighted by molar-refractivity contribution is 5.68. The van der Waals surface area contributed by atoms with Crippen molar-refractivity contribution in [3.63, 3.8) is 0 Å². The fraction of sp³-hybridized carbons (Fsp3) is 0.933. The first-order valence-electron chi connectivity index (χ1n) is 7.68. The fourth-order valence-corrected chi connectivity index (χ4v) is 3.06. The minimum atomic E-state index is -0.391. The lowest BCUT2D eigenvalue weighted by molar-refractivity contribution is 0.0253. The molecular weight excluding hydrogens is 240 g/mol. The molecule has 110 valence electrons. The van der Waals surface area contributed by atoms with E-state index >= 15 is 0 Å². The second-order valence-corrected chi connectivity index (χ2v) is 6.80. The van der Waals surface area contributed by atoms with Crippen molar-refractivity contribution < 1.29 is 9.53 Å². The second kappa shape index (κ2) is 6.12. The van der Waals surface area contributed by atoms with Crippen LogP contribution in [0.25, 0.3) is 0 Å². The monoisotopic (exact) mass is 268 g/mol. The summed E-state index contributed by atoms with van der Waals surface area (Å²) in [6, 6.07) is 0.676. The van der Waals surface area contributed by atoms with Crippen LogP contribution in [0.3, 0.4) is 0 Å². The van der Waals surface area contributed by atoms with Gasteiger partial charge in [-0.1, -0.05) is 0 Å². The Morgan fingerprint density at radius 3 is 2.32 bits per heavy atom. The number of amides is 1. The first kappa shape index (κ1) is 14.6. The molecule has 0 bridgehead atoms. The van der Waals surface area contributed by atoms with Crippen LogP contribution in [-0.4, -0.2) is 53.7 Å². The van der Waals surface area contributed by atoms with Crippen molar-refractivity contribution in [2.45, 2.75) is 64.5 Å². The lowest BCUT2D eigenvalue weighted by Gasteiger charge is -2.27. The summed E-state index contributed by atoms with van der Waals surface area (Å²) in [7, 11) is 0. The van der Waals surface area contributed by atoms with Crippen LogP contribution in [0.15, 0.2) is 0 Å². The summed E-state index contributed by atoms with van der Waals surface area (Å²) < 4.78 is 5.47. The molecule has 0 aromatic carbocycles. The van der Waals surface area contributed by atoms with Gasteiger partial charge >= 0.3 is 6.09 Å². The first-order valence-corrected chi connectivity index (χ1v) is 7.68. The highest BCUT2D eigenvalue weighted by Crippen LogP contribution is 2.22. The Balaban J connectivity index is 1.84. The molecule has 0 aliphatic carbocycles. The van der Waals surface area contributed by atoms with Crippen LogP contribution in [0.1, 0.15) is 52.9 Å². The summed E-state index contributed by atoms with van der Waals surface area (Å²) >= 11 is 0. The third-order valence-corrected chi connectivity index (χ3v) is 4.01. The van der Waals surface area contributed by atoms with Gasteiger partial charge in [-0.2, -0.15) is 0 Å². The Hall–Kier alpha value is -0.770. The molecule has 0 aromatic rings. The Morgan fingerprint density at radius 2 is 1.68 bits per heavy atom. The second-order valence-electron chi connectivity index (χ2n) is 6.80. The molecule has 0 spiro atoms. The van der Waals surface area contributed by atoms with Crippen LogP contribution < -0.4 is 0 Å². The summed E-state index contributed by atoms with van der Waals surface area (Å²) in [6.07, 6.45) is 5.95. The van der Waals surface area contributed by atoms with E-state index in [4.69, 9.17) is 4.74 Å². The van der Waals surface area contributed by atoms with E-state index in [1.807, 2.05) is 25.7 Å². The molecular formula is C15H28N2O2. The lowest BCUT2D eigenvalue weighted by Crippen LogP contribution is -2.38. The molecule has 4 heteroatoms. The van der Waals surface area contributed by atoms with Crippen molar-refractivity contribution in [3.8, 4) is 0 Å². The number of nitrogens with zero attached hydrogens (tertiary/aromatic N) is 2. The predicted octanol–water partition coefficient (Wildman–Crippen LogP) is 2.87. The quantitative estimate of drug-likeness (QED) is 0.733. The number of rotatable bonds is 1. The van der Waals surface area contributed by atoms with Crippen molar-refractivity contribution in [2.24, 2.45) is 0 Å². The normalized spacial score (nSPS) is 26.3. The summed E-state index contributed by atoms with van der Waals surface area (Å²) in [6.45, 7) is 9.96. The highest BCUT2D eigenvalue weighted by Gasteiger charge is 2.28. The van der Waals surface area contributed by atoms with Crippen LogP contribution in [-0.2, 0) is 4.74 Å². The van der Waals surface area contributed by atoms with Crippen molar-refractivity contribution in [1.29, 1.82) is 0 Å². The molecule has 19 heavy (non-hydrogen) atoms. The zero-order valence-electron chi connectivity index (χ0n) is 12.7. The van der Waals surface area contributed by atoms with Crippen LogP contribution in [0.5, 0.6) is 0 Å². The van der Waals surface area contributed by atoms with Gasteiger partial charge in [-0.15, -0.1) is 0 Å². The molecule has 0 radical (unpaired) electrons. The highest BCUT2D eigenvalue weighted by atomic mass is 16.6. The maximum absolute atomic E-state index is 12.1. The summed E-state index contributed by atoms with van der Waals surface area (Å²) in [5.41, 5.74) is -0.391. The molecule has 1 amide bonds. The van der Waals surface area contributed by atoms with Crippen molar-refractivity contribution in [3.05, 3.63) is 0 Å². The number of carbonyl (C=O) groups excluding carboxylic acids is 1. The average molecular weight is 268 g/mol. The molecule has 1 unspecified atom stereocenters. The van der Waals surface area contributed by atoms with E-state index in [0.29, 0.717) is 6.04 Å². The van der Waals surface area contributed by atoms with Crippen molar-refractivity contribution in [1.82, 2.24) is 9.80 Å². The van der Waals surface area contributed by atoms with Gasteiger partial charge in [0, 0.05) is 19.1 Å². The van der Waals surface area contributed by atoms with Crippen LogP contribution in [0, 0.1) is 0 Å². The molecule has 2 heterocycles. The largest absolute Gasteiger partial charge is 0.444 e. The number of ether oxygens (including phenoxy) is 1. The lowest BCUT2D eigenvalue weighted by atomic mass is 10.1. The fourth-order valence-electron chi connectivity index (χ4n) is 3.06. The van der Waals surface area contributed by atoms with Gasteiger partial charge in [0.05, 0.1) is 0 Å². The van der Waals surface area contributed by atoms with E-state index in [0.717, 1.165) is 25.9 Å². The Kier molecular flexibility index (Phi) is 4.71. The molecule has 2 rings (SSSR count). The summed E-state index contributed by atoms with van der Waals surface area (Å²) in [4.78, 5) is 16.6. The molecule has 2 fully saturated rings. The standard InChI is InChI=1S/C15H28N2O2/c1-15(2,3)19-14(18)17-11-6-7-13(8-12-17)16-9-4-5-10-16/h13H,4-12H2,1-3H3. The van der Waals surface area contributed by atoms with Gasteiger partial charge in [-0.05, 0) is 66.0 Å². The minimum absolute atomic E-state index is 0.144. The van der Waals surface area contributed by atoms with Gasteiger partial charge in [-0.25, -0.2) is 4.79 Å². The first-order chi connectivity index (χ1) is 8.96. The van der Waals surface area contributed by atoms with Crippen LogP contribution in [0.4, 0.5) is 4.79 Å². The van der Waals surface area contributed by atoms with Gasteiger partial charge in [0.25, 0.3) is 0 Å². The summed E-state index contributed by atoms with van der Waals surface area (Å²) in [5, 5.41) is 0. The van der Waals surface area contributed by atoms with Gasteiger partial charge in [0.1, 0.15) is 5.60 Å². The number of hydrogen-bond acceptors (Lipinski definition) is 3. The Morgan fingerprint density at radius 1 is 1.00 bits per heavy atom. The molecule has 1 atom stereocenters. The number of hydrogen-bond donors (Lipinski definition) is 0. The SMILES string of the molecule is CC(C)(C)OC(=O)N1CCCC(N2CCCC2)CC1. The molecule has 0 aromatic heterocycles. The molecule has 0 saturated carbocycles. The van der Waals surface area contributed by atoms with E-state index in [1.165, 1.54) is 32.4 Å². The number of carbonyl (C=O) groups is 1. The average Bonchev–Trinajstić information content (AvgIpc) is 2.71. The molecule has 0 N–H and O–H groups in total. The van der Waals surface area contributed by atoms with Crippen molar-refractivity contribution >= 4 is 6.09 Å². The van der Waals surface area contributed by atoms with Crippen molar-refractivity contribution in [2.75, 3.05) is 26.2 Å². The zero-order chi connectivity index (χ0) is 13.9. The van der Waals surface area contributed by atoms with Gasteiger partial charge < -0.3 is 14.5 Å². The van der Waals surface area contributed by atoms with Crippen LogP contribution in [0.2, 0.25) is 0 Å². The third-order valence-electron chi connectivity index (χ3n) is 4.01. The molecule has 4 nitrogen and oxygen atoms in total. The zero-order valence-corrected chi connectivity index (χ0v) is 12.7. The van der Waals surface area contributed by atoms with Gasteiger partial charge in [-0.3, -0.25) is 0 Å². The summed E-state index contributed by atoms with van der Waals surface area (Å²) in [5.74, 6) is 0. The smallest absolute Gasteiger partial charge is 0.410 e. The van der Waals surface area contributed by atoms with E-state index in [1.54, 1.807) is 0 Å². The number of likely N-dealkylation sites (tertiary alicyclic amines) is 2. The van der Waals surface area contributed by atoms with Gasteiger partial charge in [0.2, 0.25) is 0 Å². The van der Waals surface area contributed by atoms with E-state index in [-0.39, 0.29) is 6.09 Å². The Labute approximate surface area is 117 Å².